The number of carbonyl (C=O) groups excluding carboxylic acids is 1. The number of hydrogen-bond acceptors (Lipinski definition) is 4. The number of aromatic nitrogens is 1. The summed E-state index contributed by atoms with van der Waals surface area (Å²) in [5, 5.41) is 4.31. The molecule has 0 N–H and O–H groups in total. The van der Waals surface area contributed by atoms with Crippen molar-refractivity contribution in [2.45, 2.75) is 39.8 Å². The Labute approximate surface area is 164 Å². The zero-order valence-corrected chi connectivity index (χ0v) is 16.7. The van der Waals surface area contributed by atoms with Crippen molar-refractivity contribution in [1.29, 1.82) is 0 Å². The van der Waals surface area contributed by atoms with E-state index in [4.69, 9.17) is 9.26 Å². The van der Waals surface area contributed by atoms with E-state index in [1.807, 2.05) is 44.2 Å². The molecule has 4 rings (SSSR count). The molecule has 0 radical (unpaired) electrons. The Morgan fingerprint density at radius 1 is 1.07 bits per heavy atom. The maximum atomic E-state index is 13.1. The average Bonchev–Trinajstić information content (AvgIpc) is 3.01. The maximum absolute atomic E-state index is 13.1. The average molecular weight is 376 g/mol. The second kappa shape index (κ2) is 6.91. The van der Waals surface area contributed by atoms with Gasteiger partial charge in [0.1, 0.15) is 23.6 Å². The molecule has 1 unspecified atom stereocenters. The predicted molar refractivity (Wildman–Crippen MR) is 107 cm³/mol. The molecule has 1 amide bonds. The van der Waals surface area contributed by atoms with E-state index < -0.39 is 5.60 Å². The van der Waals surface area contributed by atoms with Crippen LogP contribution >= 0.6 is 0 Å². The van der Waals surface area contributed by atoms with E-state index in [1.54, 1.807) is 4.90 Å². The van der Waals surface area contributed by atoms with Crippen molar-refractivity contribution in [2.75, 3.05) is 11.5 Å². The fraction of sp³-hybridized carbons (Fsp3) is 0.304. The molecule has 1 atom stereocenters. The lowest BCUT2D eigenvalue weighted by Crippen LogP contribution is -2.33. The van der Waals surface area contributed by atoms with Crippen molar-refractivity contribution in [2.24, 2.45) is 0 Å². The van der Waals surface area contributed by atoms with Gasteiger partial charge in [-0.25, -0.2) is 0 Å². The summed E-state index contributed by atoms with van der Waals surface area (Å²) < 4.78 is 11.7. The molecule has 0 saturated heterocycles. The van der Waals surface area contributed by atoms with Gasteiger partial charge in [-0.2, -0.15) is 0 Å². The Balaban J connectivity index is 1.82. The van der Waals surface area contributed by atoms with E-state index in [0.717, 1.165) is 11.1 Å². The summed E-state index contributed by atoms with van der Waals surface area (Å²) in [4.78, 5) is 14.8. The molecule has 0 aliphatic carbocycles. The molecule has 5 nitrogen and oxygen atoms in total. The topological polar surface area (TPSA) is 55.6 Å². The van der Waals surface area contributed by atoms with Crippen LogP contribution in [0, 0.1) is 20.8 Å². The minimum Gasteiger partial charge on any atom is -0.359 e. The zero-order chi connectivity index (χ0) is 19.9. The molecule has 28 heavy (non-hydrogen) atoms. The van der Waals surface area contributed by atoms with Gasteiger partial charge in [0.2, 0.25) is 0 Å². The second-order valence-electron chi connectivity index (χ2n) is 7.60. The van der Waals surface area contributed by atoms with Crippen molar-refractivity contribution >= 4 is 11.6 Å². The first-order valence-corrected chi connectivity index (χ1v) is 9.42. The van der Waals surface area contributed by atoms with Crippen molar-refractivity contribution < 1.29 is 14.1 Å². The molecule has 2 heterocycles. The third kappa shape index (κ3) is 3.12. The quantitative estimate of drug-likeness (QED) is 0.679. The first-order valence-electron chi connectivity index (χ1n) is 9.42. The van der Waals surface area contributed by atoms with Crippen molar-refractivity contribution in [1.82, 2.24) is 5.16 Å². The number of benzene rings is 2. The highest BCUT2D eigenvalue weighted by Gasteiger charge is 2.43. The van der Waals surface area contributed by atoms with Gasteiger partial charge in [-0.05, 0) is 38.8 Å². The van der Waals surface area contributed by atoms with Crippen LogP contribution in [0.3, 0.4) is 0 Å². The van der Waals surface area contributed by atoms with Crippen molar-refractivity contribution in [3.05, 3.63) is 82.2 Å². The summed E-state index contributed by atoms with van der Waals surface area (Å²) in [6.07, 6.45) is 0. The number of fused-ring (bicyclic) bond motifs is 1. The highest BCUT2D eigenvalue weighted by atomic mass is 16.5. The third-order valence-corrected chi connectivity index (χ3v) is 5.29. The number of anilines is 1. The minimum atomic E-state index is -0.860. The van der Waals surface area contributed by atoms with Crippen LogP contribution in [0.15, 0.2) is 53.1 Å². The molecule has 5 heteroatoms. The highest BCUT2D eigenvalue weighted by Crippen LogP contribution is 2.42. The summed E-state index contributed by atoms with van der Waals surface area (Å²) in [7, 11) is 0. The third-order valence-electron chi connectivity index (χ3n) is 5.29. The molecular formula is C23H24N2O3. The molecule has 1 aliphatic heterocycles. The van der Waals surface area contributed by atoms with E-state index in [1.165, 1.54) is 11.1 Å². The van der Waals surface area contributed by atoms with Gasteiger partial charge in [0.05, 0.1) is 6.54 Å². The molecule has 0 bridgehead atoms. The van der Waals surface area contributed by atoms with Crippen LogP contribution in [0.25, 0.3) is 0 Å². The lowest BCUT2D eigenvalue weighted by molar-refractivity contribution is -0.127. The van der Waals surface area contributed by atoms with Crippen molar-refractivity contribution in [3.63, 3.8) is 0 Å². The van der Waals surface area contributed by atoms with E-state index in [0.29, 0.717) is 23.7 Å². The van der Waals surface area contributed by atoms with E-state index in [9.17, 15) is 4.79 Å². The number of ether oxygens (including phenoxy) is 1. The monoisotopic (exact) mass is 376 g/mol. The number of amides is 1. The highest BCUT2D eigenvalue weighted by molar-refractivity contribution is 5.96. The van der Waals surface area contributed by atoms with Crippen LogP contribution in [-0.4, -0.2) is 17.7 Å². The molecule has 1 aromatic heterocycles. The van der Waals surface area contributed by atoms with Crippen LogP contribution in [0.4, 0.5) is 5.69 Å². The zero-order valence-electron chi connectivity index (χ0n) is 16.7. The number of rotatable bonds is 3. The molecule has 0 spiro atoms. The van der Waals surface area contributed by atoms with Crippen LogP contribution in [0.5, 0.6) is 0 Å². The Morgan fingerprint density at radius 2 is 1.75 bits per heavy atom. The van der Waals surface area contributed by atoms with E-state index >= 15 is 0 Å². The Kier molecular flexibility index (Phi) is 4.55. The molecule has 0 saturated carbocycles. The summed E-state index contributed by atoms with van der Waals surface area (Å²) in [6.45, 7) is 8.33. The Morgan fingerprint density at radius 3 is 2.43 bits per heavy atom. The van der Waals surface area contributed by atoms with Crippen molar-refractivity contribution in [3.8, 4) is 0 Å². The summed E-state index contributed by atoms with van der Waals surface area (Å²) in [5.74, 6) is 0.506. The molecule has 1 aliphatic rings. The van der Waals surface area contributed by atoms with Gasteiger partial charge in [-0.15, -0.1) is 0 Å². The first-order chi connectivity index (χ1) is 13.4. The first kappa shape index (κ1) is 18.4. The smallest absolute Gasteiger partial charge is 0.253 e. The predicted octanol–water partition coefficient (Wildman–Crippen LogP) is 4.43. The minimum absolute atomic E-state index is 0.0218. The van der Waals surface area contributed by atoms with Gasteiger partial charge in [0, 0.05) is 0 Å². The summed E-state index contributed by atoms with van der Waals surface area (Å²) in [6, 6.07) is 16.2. The second-order valence-corrected chi connectivity index (χ2v) is 7.60. The number of aryl methyl sites for hydroxylation is 3. The van der Waals surface area contributed by atoms with E-state index in [2.05, 4.69) is 37.2 Å². The number of nitrogens with zero attached hydrogens (tertiary/aromatic N) is 2. The lowest BCUT2D eigenvalue weighted by Gasteiger charge is -2.27. The largest absolute Gasteiger partial charge is 0.359 e. The van der Waals surface area contributed by atoms with Gasteiger partial charge in [-0.3, -0.25) is 4.79 Å². The molecule has 3 aromatic rings. The fourth-order valence-corrected chi connectivity index (χ4v) is 3.96. The van der Waals surface area contributed by atoms with Gasteiger partial charge in [0.15, 0.2) is 5.76 Å². The molecule has 2 aromatic carbocycles. The van der Waals surface area contributed by atoms with Crippen LogP contribution in [0.2, 0.25) is 0 Å². The molecule has 0 fully saturated rings. The van der Waals surface area contributed by atoms with Gasteiger partial charge in [-0.1, -0.05) is 64.8 Å². The van der Waals surface area contributed by atoms with E-state index in [-0.39, 0.29) is 12.5 Å². The fourth-order valence-electron chi connectivity index (χ4n) is 3.96. The summed E-state index contributed by atoms with van der Waals surface area (Å²) in [5.41, 5.74) is 4.82. The maximum Gasteiger partial charge on any atom is 0.253 e. The van der Waals surface area contributed by atoms with Gasteiger partial charge >= 0.3 is 0 Å². The van der Waals surface area contributed by atoms with Crippen LogP contribution in [-0.2, 0) is 21.7 Å². The van der Waals surface area contributed by atoms with Gasteiger partial charge in [0.25, 0.3) is 5.91 Å². The van der Waals surface area contributed by atoms with Crippen LogP contribution < -0.4 is 4.90 Å². The van der Waals surface area contributed by atoms with Gasteiger partial charge < -0.3 is 14.2 Å². The normalized spacial score (nSPS) is 19.4. The molecule has 144 valence electrons. The lowest BCUT2D eigenvalue weighted by atomic mass is 9.91. The molecular weight excluding hydrogens is 352 g/mol. The summed E-state index contributed by atoms with van der Waals surface area (Å²) >= 11 is 0. The Bertz CT molecular complexity index is 1010. The Hall–Kier alpha value is -2.92. The van der Waals surface area contributed by atoms with Crippen LogP contribution in [0.1, 0.15) is 40.6 Å². The number of carbonyl (C=O) groups is 1. The number of hydrogen-bond donors (Lipinski definition) is 0. The standard InChI is InChI=1S/C23H24N2O3/c1-15-10-16(2)12-18(11-15)13-25-20(26)14-27-23(4,19-8-6-5-7-9-19)22-21(25)17(3)28-24-22/h5-12H,13-14H2,1-4H3. The SMILES string of the molecule is Cc1cc(C)cc(CN2C(=O)COC(C)(c3ccccc3)c3noc(C)c32)c1.